The van der Waals surface area contributed by atoms with Crippen molar-refractivity contribution in [2.45, 2.75) is 59.5 Å². The Hall–Kier alpha value is -1.26. The summed E-state index contributed by atoms with van der Waals surface area (Å²) in [5.74, 6) is 0.424. The Kier molecular flexibility index (Phi) is 4.82. The molecule has 1 fully saturated rings. The van der Waals surface area contributed by atoms with Crippen molar-refractivity contribution in [1.82, 2.24) is 10.2 Å². The van der Waals surface area contributed by atoms with Gasteiger partial charge in [0.05, 0.1) is 0 Å². The Balaban J connectivity index is 2.86. The summed E-state index contributed by atoms with van der Waals surface area (Å²) in [5, 5.41) is 11.3. The number of amides is 2. The molecule has 1 aliphatic rings. The molecular weight excluding hydrogens is 244 g/mol. The summed E-state index contributed by atoms with van der Waals surface area (Å²) in [4.78, 5) is 25.3. The average molecular weight is 270 g/mol. The van der Waals surface area contributed by atoms with Crippen molar-refractivity contribution in [1.29, 1.82) is 0 Å². The van der Waals surface area contributed by atoms with Crippen LogP contribution in [0.5, 0.6) is 0 Å². The maximum atomic E-state index is 12.6. The first-order valence-corrected chi connectivity index (χ1v) is 6.98. The molecule has 2 N–H and O–H groups in total. The van der Waals surface area contributed by atoms with Gasteiger partial charge in [0, 0.05) is 12.6 Å². The fourth-order valence-corrected chi connectivity index (χ4v) is 2.80. The molecule has 5 nitrogen and oxygen atoms in total. The van der Waals surface area contributed by atoms with Gasteiger partial charge in [-0.2, -0.15) is 0 Å². The molecule has 0 saturated carbocycles. The number of likely N-dealkylation sites (tertiary alicyclic amines) is 1. The van der Waals surface area contributed by atoms with Gasteiger partial charge in [-0.05, 0) is 24.7 Å². The zero-order valence-electron chi connectivity index (χ0n) is 12.6. The minimum absolute atomic E-state index is 0.0987. The van der Waals surface area contributed by atoms with Crippen LogP contribution in [0.2, 0.25) is 0 Å². The SMILES string of the molecule is CC[C@@H]1CCN(C(=O)[C@@H](NC(=O)O)C(C)(C)C)[C@@H]1C. The largest absolute Gasteiger partial charge is 0.465 e. The van der Waals surface area contributed by atoms with Crippen molar-refractivity contribution in [3.05, 3.63) is 0 Å². The highest BCUT2D eigenvalue weighted by Gasteiger charge is 2.40. The maximum absolute atomic E-state index is 12.6. The molecule has 110 valence electrons. The molecular formula is C14H26N2O3. The molecule has 1 heterocycles. The number of nitrogens with one attached hydrogen (secondary N) is 1. The van der Waals surface area contributed by atoms with Crippen LogP contribution in [0.15, 0.2) is 0 Å². The Labute approximate surface area is 115 Å². The molecule has 1 aliphatic heterocycles. The van der Waals surface area contributed by atoms with Gasteiger partial charge in [0.2, 0.25) is 5.91 Å². The molecule has 19 heavy (non-hydrogen) atoms. The number of hydrogen-bond acceptors (Lipinski definition) is 2. The lowest BCUT2D eigenvalue weighted by Crippen LogP contribution is -2.55. The summed E-state index contributed by atoms with van der Waals surface area (Å²) >= 11 is 0. The molecule has 0 aromatic carbocycles. The molecule has 0 aromatic rings. The van der Waals surface area contributed by atoms with Gasteiger partial charge in [0.15, 0.2) is 0 Å². The quantitative estimate of drug-likeness (QED) is 0.827. The Morgan fingerprint density at radius 3 is 2.37 bits per heavy atom. The van der Waals surface area contributed by atoms with Crippen LogP contribution < -0.4 is 5.32 Å². The molecule has 0 radical (unpaired) electrons. The molecule has 0 aromatic heterocycles. The highest BCUT2D eigenvalue weighted by atomic mass is 16.4. The molecule has 1 rings (SSSR count). The zero-order valence-corrected chi connectivity index (χ0v) is 12.6. The van der Waals surface area contributed by atoms with Crippen molar-refractivity contribution in [2.24, 2.45) is 11.3 Å². The minimum Gasteiger partial charge on any atom is -0.465 e. The molecule has 2 amide bonds. The standard InChI is InChI=1S/C14H26N2O3/c1-6-10-7-8-16(9(10)2)12(17)11(14(3,4)5)15-13(18)19/h9-11,15H,6-8H2,1-5H3,(H,18,19)/t9-,10-,11-/m1/s1. The van der Waals surface area contributed by atoms with Crippen molar-refractivity contribution < 1.29 is 14.7 Å². The third kappa shape index (κ3) is 3.61. The van der Waals surface area contributed by atoms with Gasteiger partial charge in [-0.15, -0.1) is 0 Å². The van der Waals surface area contributed by atoms with E-state index < -0.39 is 17.6 Å². The van der Waals surface area contributed by atoms with Gasteiger partial charge in [0.1, 0.15) is 6.04 Å². The van der Waals surface area contributed by atoms with Crippen LogP contribution in [0.4, 0.5) is 4.79 Å². The molecule has 0 aliphatic carbocycles. The van der Waals surface area contributed by atoms with E-state index in [0.717, 1.165) is 19.4 Å². The van der Waals surface area contributed by atoms with E-state index in [9.17, 15) is 9.59 Å². The van der Waals surface area contributed by atoms with Gasteiger partial charge < -0.3 is 15.3 Å². The summed E-state index contributed by atoms with van der Waals surface area (Å²) in [6, 6.07) is -0.499. The lowest BCUT2D eigenvalue weighted by atomic mass is 9.85. The summed E-state index contributed by atoms with van der Waals surface area (Å²) < 4.78 is 0. The van der Waals surface area contributed by atoms with Crippen LogP contribution in [-0.4, -0.2) is 40.6 Å². The average Bonchev–Trinajstić information content (AvgIpc) is 2.64. The monoisotopic (exact) mass is 270 g/mol. The minimum atomic E-state index is -1.15. The molecule has 0 bridgehead atoms. The Bertz CT molecular complexity index is 349. The van der Waals surface area contributed by atoms with E-state index in [4.69, 9.17) is 5.11 Å². The Morgan fingerprint density at radius 2 is 2.00 bits per heavy atom. The van der Waals surface area contributed by atoms with E-state index in [-0.39, 0.29) is 11.9 Å². The van der Waals surface area contributed by atoms with Crippen molar-refractivity contribution in [3.63, 3.8) is 0 Å². The second-order valence-electron chi connectivity index (χ2n) is 6.48. The van der Waals surface area contributed by atoms with E-state index in [1.54, 1.807) is 0 Å². The summed E-state index contributed by atoms with van der Waals surface area (Å²) in [5.41, 5.74) is -0.431. The molecule has 1 saturated heterocycles. The van der Waals surface area contributed by atoms with Crippen LogP contribution in [0, 0.1) is 11.3 Å². The highest BCUT2D eigenvalue weighted by molar-refractivity contribution is 5.86. The normalized spacial score (nSPS) is 25.2. The smallest absolute Gasteiger partial charge is 0.405 e. The third-order valence-corrected chi connectivity index (χ3v) is 4.10. The summed E-state index contributed by atoms with van der Waals surface area (Å²) in [6.45, 7) is 10.6. The van der Waals surface area contributed by atoms with Gasteiger partial charge in [0.25, 0.3) is 0 Å². The van der Waals surface area contributed by atoms with Crippen LogP contribution >= 0.6 is 0 Å². The second kappa shape index (κ2) is 5.80. The lowest BCUT2D eigenvalue weighted by Gasteiger charge is -2.35. The van der Waals surface area contributed by atoms with E-state index in [2.05, 4.69) is 19.2 Å². The first-order chi connectivity index (χ1) is 8.68. The van der Waals surface area contributed by atoms with Crippen LogP contribution in [-0.2, 0) is 4.79 Å². The highest BCUT2D eigenvalue weighted by Crippen LogP contribution is 2.30. The third-order valence-electron chi connectivity index (χ3n) is 4.10. The van der Waals surface area contributed by atoms with E-state index in [0.29, 0.717) is 5.92 Å². The molecule has 0 spiro atoms. The van der Waals surface area contributed by atoms with Crippen LogP contribution in [0.25, 0.3) is 0 Å². The maximum Gasteiger partial charge on any atom is 0.405 e. The van der Waals surface area contributed by atoms with Crippen molar-refractivity contribution >= 4 is 12.0 Å². The first kappa shape index (κ1) is 15.8. The number of hydrogen-bond donors (Lipinski definition) is 2. The van der Waals surface area contributed by atoms with Crippen molar-refractivity contribution in [3.8, 4) is 0 Å². The molecule has 3 atom stereocenters. The van der Waals surface area contributed by atoms with E-state index in [1.165, 1.54) is 0 Å². The lowest BCUT2D eigenvalue weighted by molar-refractivity contribution is -0.136. The first-order valence-electron chi connectivity index (χ1n) is 6.98. The summed E-state index contributed by atoms with van der Waals surface area (Å²) in [7, 11) is 0. The van der Waals surface area contributed by atoms with Crippen LogP contribution in [0.3, 0.4) is 0 Å². The van der Waals surface area contributed by atoms with E-state index in [1.807, 2.05) is 25.7 Å². The van der Waals surface area contributed by atoms with Gasteiger partial charge in [-0.1, -0.05) is 34.1 Å². The number of carbonyl (C=O) groups excluding carboxylic acids is 1. The number of carboxylic acid groups (broad SMARTS) is 1. The van der Waals surface area contributed by atoms with Crippen LogP contribution in [0.1, 0.15) is 47.5 Å². The fourth-order valence-electron chi connectivity index (χ4n) is 2.80. The van der Waals surface area contributed by atoms with Gasteiger partial charge in [-0.25, -0.2) is 4.79 Å². The zero-order chi connectivity index (χ0) is 14.8. The second-order valence-corrected chi connectivity index (χ2v) is 6.48. The molecule has 0 unspecified atom stereocenters. The number of carbonyl (C=O) groups is 2. The van der Waals surface area contributed by atoms with Crippen molar-refractivity contribution in [2.75, 3.05) is 6.54 Å². The number of rotatable bonds is 3. The van der Waals surface area contributed by atoms with Gasteiger partial charge >= 0.3 is 6.09 Å². The predicted octanol–water partition coefficient (Wildman–Crippen LogP) is 2.32. The predicted molar refractivity (Wildman–Crippen MR) is 74.0 cm³/mol. The topological polar surface area (TPSA) is 69.6 Å². The molecule has 5 heteroatoms. The fraction of sp³-hybridized carbons (Fsp3) is 0.857. The Morgan fingerprint density at radius 1 is 1.42 bits per heavy atom. The van der Waals surface area contributed by atoms with E-state index >= 15 is 0 Å². The summed E-state index contributed by atoms with van der Waals surface area (Å²) in [6.07, 6.45) is 0.914. The number of nitrogens with zero attached hydrogens (tertiary/aromatic N) is 1. The van der Waals surface area contributed by atoms with Gasteiger partial charge in [-0.3, -0.25) is 4.79 Å².